The van der Waals surface area contributed by atoms with Crippen LogP contribution in [-0.2, 0) is 4.79 Å². The van der Waals surface area contributed by atoms with Gasteiger partial charge in [-0.1, -0.05) is 0 Å². The van der Waals surface area contributed by atoms with Crippen LogP contribution in [-0.4, -0.2) is 75.4 Å². The third-order valence-corrected chi connectivity index (χ3v) is 4.27. The number of likely N-dealkylation sites (tertiary alicyclic amines) is 2. The third-order valence-electron chi connectivity index (χ3n) is 4.27. The van der Waals surface area contributed by atoms with Gasteiger partial charge in [-0.25, -0.2) is 0 Å². The van der Waals surface area contributed by atoms with Gasteiger partial charge < -0.3 is 20.2 Å². The van der Waals surface area contributed by atoms with Crippen LogP contribution in [0.2, 0.25) is 0 Å². The van der Waals surface area contributed by atoms with Crippen LogP contribution in [0.3, 0.4) is 0 Å². The Bertz CT molecular complexity index is 377. The highest BCUT2D eigenvalue weighted by Gasteiger charge is 2.27. The standard InChI is InChI=1S/C13H24N2O.2HNO3/c1-14-7-3-5-11(14)9-13(16)10-12-6-4-8-15(12)2;2*2-1(3)4/h11-12H,3-10H2,1-2H3;2*(H,2,3,4)/t11-,12+;;. The third kappa shape index (κ3) is 10.7. The van der Waals surface area contributed by atoms with E-state index in [1.807, 2.05) is 0 Å². The van der Waals surface area contributed by atoms with Crippen LogP contribution >= 0.6 is 0 Å². The molecule has 0 saturated carbocycles. The Kier molecular flexibility index (Phi) is 10.5. The second kappa shape index (κ2) is 11.5. The van der Waals surface area contributed by atoms with Crippen molar-refractivity contribution in [3.8, 4) is 0 Å². The molecule has 2 atom stereocenters. The minimum Gasteiger partial charge on any atom is -0.328 e. The van der Waals surface area contributed by atoms with E-state index in [-0.39, 0.29) is 0 Å². The molecule has 2 aliphatic heterocycles. The largest absolute Gasteiger partial charge is 0.328 e. The van der Waals surface area contributed by atoms with E-state index in [0.717, 1.165) is 12.8 Å². The van der Waals surface area contributed by atoms with E-state index >= 15 is 0 Å². The van der Waals surface area contributed by atoms with Crippen LogP contribution in [0, 0.1) is 20.2 Å². The topological polar surface area (TPSA) is 150 Å². The van der Waals surface area contributed by atoms with E-state index in [1.54, 1.807) is 0 Å². The first-order valence-corrected chi connectivity index (χ1v) is 7.72. The summed E-state index contributed by atoms with van der Waals surface area (Å²) < 4.78 is 0. The van der Waals surface area contributed by atoms with Gasteiger partial charge in [-0.3, -0.25) is 4.79 Å². The van der Waals surface area contributed by atoms with Crippen molar-refractivity contribution >= 4 is 5.78 Å². The zero-order valence-corrected chi connectivity index (χ0v) is 14.0. The normalized spacial score (nSPS) is 23.6. The second-order valence-electron chi connectivity index (χ2n) is 5.98. The highest BCUT2D eigenvalue weighted by molar-refractivity contribution is 5.79. The lowest BCUT2D eigenvalue weighted by molar-refractivity contribution is -0.742. The maximum atomic E-state index is 12.0. The SMILES string of the molecule is CN1CCC[C@@H]1CC(=O)C[C@@H]1CCCN1C.O=[N+]([O-])O.O=[N+]([O-])O. The summed E-state index contributed by atoms with van der Waals surface area (Å²) in [7, 11) is 4.29. The highest BCUT2D eigenvalue weighted by atomic mass is 16.9. The van der Waals surface area contributed by atoms with Gasteiger partial charge in [0.25, 0.3) is 10.2 Å². The van der Waals surface area contributed by atoms with Gasteiger partial charge in [0.05, 0.1) is 0 Å². The van der Waals surface area contributed by atoms with Crippen LogP contribution in [0.4, 0.5) is 0 Å². The molecule has 0 amide bonds. The van der Waals surface area contributed by atoms with Crippen molar-refractivity contribution in [1.82, 2.24) is 9.80 Å². The van der Waals surface area contributed by atoms with Gasteiger partial charge in [-0.05, 0) is 52.9 Å². The summed E-state index contributed by atoms with van der Waals surface area (Å²) >= 11 is 0. The Labute approximate surface area is 140 Å². The first-order chi connectivity index (χ1) is 11.1. The summed E-state index contributed by atoms with van der Waals surface area (Å²) in [5.41, 5.74) is 0. The number of hydrogen-bond donors (Lipinski definition) is 2. The molecule has 140 valence electrons. The van der Waals surface area contributed by atoms with E-state index in [9.17, 15) is 4.79 Å². The fourth-order valence-electron chi connectivity index (χ4n) is 3.08. The summed E-state index contributed by atoms with van der Waals surface area (Å²) in [6.45, 7) is 2.34. The summed E-state index contributed by atoms with van der Waals surface area (Å²) in [6, 6.07) is 1.05. The summed E-state index contributed by atoms with van der Waals surface area (Å²) in [4.78, 5) is 33.4. The molecule has 2 heterocycles. The van der Waals surface area contributed by atoms with Crippen molar-refractivity contribution in [2.45, 2.75) is 50.6 Å². The van der Waals surface area contributed by atoms with E-state index in [0.29, 0.717) is 17.9 Å². The molecule has 2 saturated heterocycles. The Morgan fingerprint density at radius 2 is 1.25 bits per heavy atom. The Hall–Kier alpha value is -2.01. The fourth-order valence-corrected chi connectivity index (χ4v) is 3.08. The number of carbonyl (C=O) groups excluding carboxylic acids is 1. The van der Waals surface area contributed by atoms with Crippen LogP contribution in [0.15, 0.2) is 0 Å². The number of nitrogens with zero attached hydrogens (tertiary/aromatic N) is 4. The highest BCUT2D eigenvalue weighted by Crippen LogP contribution is 2.22. The predicted octanol–water partition coefficient (Wildman–Crippen LogP) is 0.829. The molecule has 2 fully saturated rings. The lowest BCUT2D eigenvalue weighted by Crippen LogP contribution is -2.31. The molecule has 24 heavy (non-hydrogen) atoms. The summed E-state index contributed by atoms with van der Waals surface area (Å²) in [6.07, 6.45) is 6.50. The first kappa shape index (κ1) is 22.0. The molecule has 2 aliphatic rings. The molecule has 2 rings (SSSR count). The summed E-state index contributed by atoms with van der Waals surface area (Å²) in [5.74, 6) is 0.470. The van der Waals surface area contributed by atoms with Gasteiger partial charge in [0, 0.05) is 24.9 Å². The van der Waals surface area contributed by atoms with Gasteiger partial charge >= 0.3 is 0 Å². The van der Waals surface area contributed by atoms with Crippen molar-refractivity contribution in [2.75, 3.05) is 27.2 Å². The Balaban J connectivity index is 0.000000558. The van der Waals surface area contributed by atoms with E-state index in [1.165, 1.54) is 38.8 Å². The maximum absolute atomic E-state index is 12.0. The van der Waals surface area contributed by atoms with Crippen molar-refractivity contribution in [3.63, 3.8) is 0 Å². The average Bonchev–Trinajstić information content (AvgIpc) is 2.99. The monoisotopic (exact) mass is 350 g/mol. The van der Waals surface area contributed by atoms with Crippen LogP contribution in [0.1, 0.15) is 38.5 Å². The quantitative estimate of drug-likeness (QED) is 0.555. The lowest BCUT2D eigenvalue weighted by atomic mass is 10.0. The molecule has 11 nitrogen and oxygen atoms in total. The van der Waals surface area contributed by atoms with Crippen molar-refractivity contribution < 1.29 is 25.4 Å². The molecule has 0 aromatic carbocycles. The second-order valence-corrected chi connectivity index (χ2v) is 5.98. The van der Waals surface area contributed by atoms with Gasteiger partial charge in [0.1, 0.15) is 5.78 Å². The maximum Gasteiger partial charge on any atom is 0.291 e. The first-order valence-electron chi connectivity index (χ1n) is 7.72. The van der Waals surface area contributed by atoms with Gasteiger partial charge in [0.15, 0.2) is 0 Å². The molecule has 0 unspecified atom stereocenters. The molecule has 0 bridgehead atoms. The molecule has 0 aromatic rings. The Morgan fingerprint density at radius 1 is 0.958 bits per heavy atom. The molecule has 0 aliphatic carbocycles. The smallest absolute Gasteiger partial charge is 0.291 e. The van der Waals surface area contributed by atoms with E-state index in [2.05, 4.69) is 23.9 Å². The van der Waals surface area contributed by atoms with E-state index < -0.39 is 10.2 Å². The van der Waals surface area contributed by atoms with Crippen molar-refractivity contribution in [2.24, 2.45) is 0 Å². The minimum absolute atomic E-state index is 0.470. The molecule has 0 spiro atoms. The van der Waals surface area contributed by atoms with Gasteiger partial charge in [-0.15, -0.1) is 20.2 Å². The van der Waals surface area contributed by atoms with Crippen molar-refractivity contribution in [1.29, 1.82) is 0 Å². The number of ketones is 1. The summed E-state index contributed by atoms with van der Waals surface area (Å²) in [5, 5.41) is 27.3. The minimum atomic E-state index is -1.50. The number of hydrogen-bond acceptors (Lipinski definition) is 7. The average molecular weight is 350 g/mol. The fraction of sp³-hybridized carbons (Fsp3) is 0.923. The lowest BCUT2D eigenvalue weighted by Gasteiger charge is -2.21. The number of Topliss-reactive ketones (excluding diaryl/α,β-unsaturated/α-hetero) is 1. The molecule has 2 N–H and O–H groups in total. The molecule has 11 heteroatoms. The van der Waals surface area contributed by atoms with E-state index in [4.69, 9.17) is 30.6 Å². The number of carbonyl (C=O) groups is 1. The molecule has 0 radical (unpaired) electrons. The zero-order chi connectivity index (χ0) is 18.7. The Morgan fingerprint density at radius 3 is 1.46 bits per heavy atom. The zero-order valence-electron chi connectivity index (χ0n) is 14.0. The molecular weight excluding hydrogens is 324 g/mol. The van der Waals surface area contributed by atoms with Crippen molar-refractivity contribution in [3.05, 3.63) is 20.2 Å². The molecule has 0 aromatic heterocycles. The number of rotatable bonds is 4. The predicted molar refractivity (Wildman–Crippen MR) is 83.1 cm³/mol. The van der Waals surface area contributed by atoms with Crippen LogP contribution in [0.5, 0.6) is 0 Å². The van der Waals surface area contributed by atoms with Crippen LogP contribution in [0.25, 0.3) is 0 Å². The van der Waals surface area contributed by atoms with Gasteiger partial charge in [-0.2, -0.15) is 0 Å². The van der Waals surface area contributed by atoms with Gasteiger partial charge in [0.2, 0.25) is 0 Å². The molecular formula is C13H26N4O7. The van der Waals surface area contributed by atoms with Crippen LogP contribution < -0.4 is 0 Å².